The van der Waals surface area contributed by atoms with E-state index in [2.05, 4.69) is 32.0 Å². The second kappa shape index (κ2) is 12.2. The van der Waals surface area contributed by atoms with Crippen LogP contribution in [0.2, 0.25) is 0 Å². The summed E-state index contributed by atoms with van der Waals surface area (Å²) in [5.74, 6) is 0.421. The SMILES string of the molecule is CCCCCC1COC(CCc2ccc(-c3ccc(CCCC)cc3F)cc2)OC1. The van der Waals surface area contributed by atoms with Crippen molar-refractivity contribution >= 4 is 0 Å². The first-order valence-electron chi connectivity index (χ1n) is 11.8. The summed E-state index contributed by atoms with van der Waals surface area (Å²) in [5, 5.41) is 0. The number of benzene rings is 2. The predicted octanol–water partition coefficient (Wildman–Crippen LogP) is 7.34. The van der Waals surface area contributed by atoms with Gasteiger partial charge < -0.3 is 9.47 Å². The normalized spacial score (nSPS) is 19.2. The van der Waals surface area contributed by atoms with Crippen molar-refractivity contribution in [1.82, 2.24) is 0 Å². The molecule has 1 aliphatic heterocycles. The van der Waals surface area contributed by atoms with Gasteiger partial charge in [-0.2, -0.15) is 0 Å². The van der Waals surface area contributed by atoms with Crippen LogP contribution in [0.15, 0.2) is 42.5 Å². The first kappa shape index (κ1) is 23.0. The molecule has 0 aliphatic carbocycles. The molecular formula is C27H37FO2. The van der Waals surface area contributed by atoms with E-state index in [0.29, 0.717) is 11.5 Å². The van der Waals surface area contributed by atoms with Gasteiger partial charge in [0.1, 0.15) is 5.82 Å². The summed E-state index contributed by atoms with van der Waals surface area (Å²) >= 11 is 0. The molecule has 1 fully saturated rings. The zero-order chi connectivity index (χ0) is 21.2. The molecule has 1 saturated heterocycles. The van der Waals surface area contributed by atoms with Crippen LogP contribution in [-0.4, -0.2) is 19.5 Å². The lowest BCUT2D eigenvalue weighted by Gasteiger charge is -2.29. The van der Waals surface area contributed by atoms with Crippen LogP contribution in [0.5, 0.6) is 0 Å². The molecule has 1 heterocycles. The lowest BCUT2D eigenvalue weighted by molar-refractivity contribution is -0.203. The Labute approximate surface area is 181 Å². The lowest BCUT2D eigenvalue weighted by atomic mass is 9.99. The Kier molecular flexibility index (Phi) is 9.35. The highest BCUT2D eigenvalue weighted by Crippen LogP contribution is 2.26. The van der Waals surface area contributed by atoms with E-state index in [4.69, 9.17) is 9.47 Å². The molecule has 2 nitrogen and oxygen atoms in total. The molecule has 1 aliphatic rings. The Balaban J connectivity index is 1.46. The fourth-order valence-electron chi connectivity index (χ4n) is 4.06. The Morgan fingerprint density at radius 2 is 1.50 bits per heavy atom. The van der Waals surface area contributed by atoms with Gasteiger partial charge in [-0.25, -0.2) is 4.39 Å². The fourth-order valence-corrected chi connectivity index (χ4v) is 4.06. The molecule has 2 aromatic carbocycles. The molecular weight excluding hydrogens is 375 g/mol. The zero-order valence-electron chi connectivity index (χ0n) is 18.7. The van der Waals surface area contributed by atoms with Gasteiger partial charge in [0.15, 0.2) is 6.29 Å². The van der Waals surface area contributed by atoms with E-state index in [0.717, 1.165) is 56.4 Å². The number of rotatable bonds is 11. The number of ether oxygens (including phenoxy) is 2. The summed E-state index contributed by atoms with van der Waals surface area (Å²) in [6.07, 6.45) is 9.87. The molecule has 2 aromatic rings. The molecule has 0 radical (unpaired) electrons. The summed E-state index contributed by atoms with van der Waals surface area (Å²) in [5.41, 5.74) is 3.92. The summed E-state index contributed by atoms with van der Waals surface area (Å²) < 4.78 is 26.4. The molecule has 30 heavy (non-hydrogen) atoms. The van der Waals surface area contributed by atoms with Crippen LogP contribution in [0.3, 0.4) is 0 Å². The van der Waals surface area contributed by atoms with Gasteiger partial charge in [-0.15, -0.1) is 0 Å². The Morgan fingerprint density at radius 1 is 0.800 bits per heavy atom. The smallest absolute Gasteiger partial charge is 0.157 e. The number of hydrogen-bond donors (Lipinski definition) is 0. The zero-order valence-corrected chi connectivity index (χ0v) is 18.7. The van der Waals surface area contributed by atoms with Crippen molar-refractivity contribution in [2.24, 2.45) is 5.92 Å². The van der Waals surface area contributed by atoms with Crippen molar-refractivity contribution in [3.05, 3.63) is 59.4 Å². The first-order chi connectivity index (χ1) is 14.7. The Bertz CT molecular complexity index is 748. The van der Waals surface area contributed by atoms with E-state index >= 15 is 0 Å². The maximum Gasteiger partial charge on any atom is 0.157 e. The second-order valence-electron chi connectivity index (χ2n) is 8.61. The Hall–Kier alpha value is -1.71. The van der Waals surface area contributed by atoms with Gasteiger partial charge in [0.05, 0.1) is 13.2 Å². The van der Waals surface area contributed by atoms with Crippen molar-refractivity contribution in [3.63, 3.8) is 0 Å². The van der Waals surface area contributed by atoms with Crippen LogP contribution < -0.4 is 0 Å². The van der Waals surface area contributed by atoms with Gasteiger partial charge in [0, 0.05) is 17.9 Å². The van der Waals surface area contributed by atoms with E-state index in [1.54, 1.807) is 6.07 Å². The lowest BCUT2D eigenvalue weighted by Crippen LogP contribution is -2.32. The van der Waals surface area contributed by atoms with Crippen molar-refractivity contribution < 1.29 is 13.9 Å². The van der Waals surface area contributed by atoms with E-state index in [1.165, 1.54) is 31.2 Å². The van der Waals surface area contributed by atoms with Gasteiger partial charge in [-0.1, -0.05) is 75.9 Å². The van der Waals surface area contributed by atoms with Crippen molar-refractivity contribution in [3.8, 4) is 11.1 Å². The van der Waals surface area contributed by atoms with Gasteiger partial charge in [0.2, 0.25) is 0 Å². The third kappa shape index (κ3) is 6.92. The third-order valence-corrected chi connectivity index (χ3v) is 6.04. The molecule has 0 amide bonds. The topological polar surface area (TPSA) is 18.5 Å². The van der Waals surface area contributed by atoms with E-state index < -0.39 is 0 Å². The molecule has 3 rings (SSSR count). The molecule has 0 N–H and O–H groups in total. The van der Waals surface area contributed by atoms with Crippen molar-refractivity contribution in [2.75, 3.05) is 13.2 Å². The summed E-state index contributed by atoms with van der Waals surface area (Å²) in [6.45, 7) is 6.03. The molecule has 3 heteroatoms. The van der Waals surface area contributed by atoms with Crippen LogP contribution >= 0.6 is 0 Å². The first-order valence-corrected chi connectivity index (χ1v) is 11.8. The number of hydrogen-bond acceptors (Lipinski definition) is 2. The number of aryl methyl sites for hydroxylation is 2. The number of unbranched alkanes of at least 4 members (excludes halogenated alkanes) is 3. The van der Waals surface area contributed by atoms with Crippen LogP contribution in [0.25, 0.3) is 11.1 Å². The van der Waals surface area contributed by atoms with Crippen molar-refractivity contribution in [2.45, 2.75) is 77.9 Å². The monoisotopic (exact) mass is 412 g/mol. The maximum atomic E-state index is 14.6. The van der Waals surface area contributed by atoms with E-state index in [9.17, 15) is 4.39 Å². The van der Waals surface area contributed by atoms with E-state index in [-0.39, 0.29) is 12.1 Å². The molecule has 0 saturated carbocycles. The van der Waals surface area contributed by atoms with Gasteiger partial charge in [-0.3, -0.25) is 0 Å². The van der Waals surface area contributed by atoms with Crippen LogP contribution in [-0.2, 0) is 22.3 Å². The van der Waals surface area contributed by atoms with Gasteiger partial charge >= 0.3 is 0 Å². The largest absolute Gasteiger partial charge is 0.352 e. The minimum Gasteiger partial charge on any atom is -0.352 e. The van der Waals surface area contributed by atoms with Gasteiger partial charge in [-0.05, 0) is 48.4 Å². The quantitative estimate of drug-likeness (QED) is 0.360. The summed E-state index contributed by atoms with van der Waals surface area (Å²) in [7, 11) is 0. The van der Waals surface area contributed by atoms with Crippen molar-refractivity contribution in [1.29, 1.82) is 0 Å². The minimum atomic E-state index is -0.131. The highest BCUT2D eigenvalue weighted by molar-refractivity contribution is 5.64. The highest BCUT2D eigenvalue weighted by Gasteiger charge is 2.21. The summed E-state index contributed by atoms with van der Waals surface area (Å²) in [6, 6.07) is 13.9. The molecule has 0 bridgehead atoms. The van der Waals surface area contributed by atoms with Crippen LogP contribution in [0, 0.1) is 11.7 Å². The standard InChI is InChI=1S/C27H37FO2/c1-3-5-7-9-23-19-29-27(30-20-23)17-13-21-10-14-24(15-11-21)25-16-12-22(8-6-4-2)18-26(25)28/h10-12,14-16,18,23,27H,3-9,13,17,19-20H2,1-2H3. The average molecular weight is 413 g/mol. The maximum absolute atomic E-state index is 14.6. The number of halogens is 1. The minimum absolute atomic E-state index is 0.0970. The predicted molar refractivity (Wildman–Crippen MR) is 122 cm³/mol. The molecule has 0 spiro atoms. The highest BCUT2D eigenvalue weighted by atomic mass is 19.1. The third-order valence-electron chi connectivity index (χ3n) is 6.04. The average Bonchev–Trinajstić information content (AvgIpc) is 2.78. The molecule has 0 atom stereocenters. The second-order valence-corrected chi connectivity index (χ2v) is 8.61. The molecule has 0 unspecified atom stereocenters. The Morgan fingerprint density at radius 3 is 2.17 bits per heavy atom. The molecule has 0 aromatic heterocycles. The van der Waals surface area contributed by atoms with Crippen LogP contribution in [0.4, 0.5) is 4.39 Å². The van der Waals surface area contributed by atoms with Gasteiger partial charge in [0.25, 0.3) is 0 Å². The summed E-state index contributed by atoms with van der Waals surface area (Å²) in [4.78, 5) is 0. The fraction of sp³-hybridized carbons (Fsp3) is 0.556. The van der Waals surface area contributed by atoms with E-state index in [1.807, 2.05) is 18.2 Å². The van der Waals surface area contributed by atoms with Crippen LogP contribution in [0.1, 0.15) is 69.9 Å². The molecule has 164 valence electrons.